The number of amides is 1. The minimum absolute atomic E-state index is 0.213. The average molecular weight is 408 g/mol. The van der Waals surface area contributed by atoms with Crippen LogP contribution in [-0.2, 0) is 6.54 Å². The molecule has 4 rings (SSSR count). The Kier molecular flexibility index (Phi) is 5.22. The largest absolute Gasteiger partial charge is 0.496 e. The molecule has 2 heterocycles. The predicted molar refractivity (Wildman–Crippen MR) is 113 cm³/mol. The number of fused-ring (bicyclic) bond motifs is 1. The molecule has 0 saturated heterocycles. The molecule has 148 valence electrons. The smallest absolute Gasteiger partial charge is 0.264 e. The molecular formula is C22H20N2O4S. The number of anilines is 1. The van der Waals surface area contributed by atoms with Crippen molar-refractivity contribution in [1.29, 1.82) is 0 Å². The lowest BCUT2D eigenvalue weighted by molar-refractivity contribution is 0.0980. The third-order valence-corrected chi connectivity index (χ3v) is 5.83. The molecule has 0 atom stereocenters. The van der Waals surface area contributed by atoms with Crippen LogP contribution in [-0.4, -0.2) is 25.1 Å². The summed E-state index contributed by atoms with van der Waals surface area (Å²) in [5.74, 6) is 1.64. The van der Waals surface area contributed by atoms with Crippen molar-refractivity contribution in [3.05, 3.63) is 71.7 Å². The fourth-order valence-corrected chi connectivity index (χ4v) is 4.18. The lowest BCUT2D eigenvalue weighted by Gasteiger charge is -2.20. The number of hydrogen-bond acceptors (Lipinski definition) is 6. The van der Waals surface area contributed by atoms with Crippen molar-refractivity contribution in [1.82, 2.24) is 4.98 Å². The Bertz CT molecular complexity index is 1150. The van der Waals surface area contributed by atoms with E-state index >= 15 is 0 Å². The van der Waals surface area contributed by atoms with Crippen molar-refractivity contribution in [2.45, 2.75) is 13.5 Å². The van der Waals surface area contributed by atoms with Gasteiger partial charge in [0.05, 0.1) is 37.3 Å². The van der Waals surface area contributed by atoms with Gasteiger partial charge in [-0.3, -0.25) is 9.69 Å². The van der Waals surface area contributed by atoms with Crippen LogP contribution < -0.4 is 14.4 Å². The molecule has 0 fully saturated rings. The Morgan fingerprint density at radius 2 is 1.86 bits per heavy atom. The number of carbonyl (C=O) groups is 1. The van der Waals surface area contributed by atoms with Crippen molar-refractivity contribution in [3.63, 3.8) is 0 Å². The summed E-state index contributed by atoms with van der Waals surface area (Å²) in [6.45, 7) is 2.27. The highest BCUT2D eigenvalue weighted by Gasteiger charge is 2.26. The van der Waals surface area contributed by atoms with E-state index in [1.807, 2.05) is 37.3 Å². The molecule has 0 aliphatic heterocycles. The van der Waals surface area contributed by atoms with Crippen LogP contribution in [0.2, 0.25) is 0 Å². The molecule has 2 aromatic heterocycles. The molecule has 2 aromatic carbocycles. The maximum atomic E-state index is 13.5. The van der Waals surface area contributed by atoms with Crippen molar-refractivity contribution < 1.29 is 18.7 Å². The Morgan fingerprint density at radius 1 is 1.07 bits per heavy atom. The van der Waals surface area contributed by atoms with Gasteiger partial charge in [-0.05, 0) is 42.8 Å². The molecule has 0 N–H and O–H groups in total. The number of aryl methyl sites for hydroxylation is 1. The Morgan fingerprint density at radius 3 is 2.59 bits per heavy atom. The zero-order valence-corrected chi connectivity index (χ0v) is 17.2. The van der Waals surface area contributed by atoms with E-state index in [0.29, 0.717) is 28.0 Å². The molecule has 0 unspecified atom stereocenters. The van der Waals surface area contributed by atoms with Gasteiger partial charge in [-0.2, -0.15) is 0 Å². The standard InChI is InChI=1S/C22H20N2O4S/c1-14-10-11-18(27-3)19-20(14)29-22(23-19)24(13-15-7-6-12-28-15)21(25)16-8-4-5-9-17(16)26-2/h4-12H,13H2,1-3H3. The van der Waals surface area contributed by atoms with Gasteiger partial charge in [0.25, 0.3) is 5.91 Å². The predicted octanol–water partition coefficient (Wildman–Crippen LogP) is 5.06. The highest BCUT2D eigenvalue weighted by Crippen LogP contribution is 2.37. The number of thiazole rings is 1. The van der Waals surface area contributed by atoms with Gasteiger partial charge >= 0.3 is 0 Å². The normalized spacial score (nSPS) is 10.9. The first kappa shape index (κ1) is 19.0. The second-order valence-corrected chi connectivity index (χ2v) is 7.41. The summed E-state index contributed by atoms with van der Waals surface area (Å²) in [6, 6.07) is 14.7. The van der Waals surface area contributed by atoms with Crippen LogP contribution in [0.25, 0.3) is 10.2 Å². The summed E-state index contributed by atoms with van der Waals surface area (Å²) in [5, 5.41) is 0.569. The zero-order chi connectivity index (χ0) is 20.4. The molecule has 0 bridgehead atoms. The highest BCUT2D eigenvalue weighted by atomic mass is 32.1. The number of hydrogen-bond donors (Lipinski definition) is 0. The lowest BCUT2D eigenvalue weighted by Crippen LogP contribution is -2.30. The minimum Gasteiger partial charge on any atom is -0.496 e. The molecule has 1 amide bonds. The summed E-state index contributed by atoms with van der Waals surface area (Å²) < 4.78 is 17.3. The molecule has 4 aromatic rings. The first-order valence-corrected chi connectivity index (χ1v) is 9.85. The van der Waals surface area contributed by atoms with Crippen molar-refractivity contribution >= 4 is 32.6 Å². The van der Waals surface area contributed by atoms with Crippen LogP contribution in [0.1, 0.15) is 21.7 Å². The quantitative estimate of drug-likeness (QED) is 0.446. The molecule has 6 nitrogen and oxygen atoms in total. The van der Waals surface area contributed by atoms with Crippen LogP contribution in [0.3, 0.4) is 0 Å². The summed E-state index contributed by atoms with van der Waals surface area (Å²) in [4.78, 5) is 19.9. The monoisotopic (exact) mass is 408 g/mol. The minimum atomic E-state index is -0.213. The van der Waals surface area contributed by atoms with Gasteiger partial charge in [-0.15, -0.1) is 0 Å². The number of para-hydroxylation sites is 1. The van der Waals surface area contributed by atoms with Gasteiger partial charge in [0.1, 0.15) is 22.8 Å². The average Bonchev–Trinajstić information content (AvgIpc) is 3.42. The second kappa shape index (κ2) is 7.97. The molecule has 29 heavy (non-hydrogen) atoms. The van der Waals surface area contributed by atoms with E-state index in [1.165, 1.54) is 11.3 Å². The second-order valence-electron chi connectivity index (χ2n) is 6.43. The fourth-order valence-electron chi connectivity index (χ4n) is 3.13. The van der Waals surface area contributed by atoms with Crippen molar-refractivity contribution in [3.8, 4) is 11.5 Å². The topological polar surface area (TPSA) is 64.8 Å². The third-order valence-electron chi connectivity index (χ3n) is 4.62. The summed E-state index contributed by atoms with van der Waals surface area (Å²) in [5.41, 5.74) is 2.28. The van der Waals surface area contributed by atoms with E-state index < -0.39 is 0 Å². The first-order chi connectivity index (χ1) is 14.1. The van der Waals surface area contributed by atoms with Crippen molar-refractivity contribution in [2.75, 3.05) is 19.1 Å². The molecule has 0 radical (unpaired) electrons. The Labute approximate surface area is 172 Å². The van der Waals surface area contributed by atoms with E-state index in [0.717, 1.165) is 15.8 Å². The van der Waals surface area contributed by atoms with Gasteiger partial charge < -0.3 is 13.9 Å². The Hall–Kier alpha value is -3.32. The van der Waals surface area contributed by atoms with Gasteiger partial charge in [0.2, 0.25) is 0 Å². The number of ether oxygens (including phenoxy) is 2. The third kappa shape index (κ3) is 3.56. The number of carbonyl (C=O) groups excluding carboxylic acids is 1. The SMILES string of the molecule is COc1ccccc1C(=O)N(Cc1ccco1)c1nc2c(OC)ccc(C)c2s1. The van der Waals surface area contributed by atoms with Gasteiger partial charge in [0.15, 0.2) is 5.13 Å². The fraction of sp³-hybridized carbons (Fsp3) is 0.182. The molecule has 0 aliphatic carbocycles. The molecule has 0 spiro atoms. The van der Waals surface area contributed by atoms with E-state index in [-0.39, 0.29) is 12.5 Å². The van der Waals surface area contributed by atoms with Gasteiger partial charge in [0, 0.05) is 0 Å². The maximum Gasteiger partial charge on any atom is 0.264 e. The summed E-state index contributed by atoms with van der Waals surface area (Å²) in [6.07, 6.45) is 1.59. The highest BCUT2D eigenvalue weighted by molar-refractivity contribution is 7.22. The number of nitrogens with zero attached hydrogens (tertiary/aromatic N) is 2. The molecule has 0 aliphatic rings. The van der Waals surface area contributed by atoms with Crippen LogP contribution >= 0.6 is 11.3 Å². The molecule has 0 saturated carbocycles. The van der Waals surface area contributed by atoms with Crippen LogP contribution in [0.5, 0.6) is 11.5 Å². The summed E-state index contributed by atoms with van der Waals surface area (Å²) >= 11 is 1.45. The maximum absolute atomic E-state index is 13.5. The van der Waals surface area contributed by atoms with E-state index in [1.54, 1.807) is 43.6 Å². The summed E-state index contributed by atoms with van der Waals surface area (Å²) in [7, 11) is 3.17. The number of rotatable bonds is 6. The van der Waals surface area contributed by atoms with Crippen molar-refractivity contribution in [2.24, 2.45) is 0 Å². The lowest BCUT2D eigenvalue weighted by atomic mass is 10.1. The zero-order valence-electron chi connectivity index (χ0n) is 16.3. The van der Waals surface area contributed by atoms with E-state index in [9.17, 15) is 4.79 Å². The van der Waals surface area contributed by atoms with E-state index in [2.05, 4.69) is 0 Å². The van der Waals surface area contributed by atoms with E-state index in [4.69, 9.17) is 18.9 Å². The van der Waals surface area contributed by atoms with Crippen LogP contribution in [0, 0.1) is 6.92 Å². The molecular weight excluding hydrogens is 388 g/mol. The number of benzene rings is 2. The van der Waals surface area contributed by atoms with Gasteiger partial charge in [-0.25, -0.2) is 4.98 Å². The number of methoxy groups -OCH3 is 2. The number of furan rings is 1. The number of aromatic nitrogens is 1. The van der Waals surface area contributed by atoms with Gasteiger partial charge in [-0.1, -0.05) is 29.5 Å². The van der Waals surface area contributed by atoms with Crippen LogP contribution in [0.4, 0.5) is 5.13 Å². The van der Waals surface area contributed by atoms with Crippen LogP contribution in [0.15, 0.2) is 59.2 Å². The molecule has 7 heteroatoms. The Balaban J connectivity index is 1.84. The first-order valence-electron chi connectivity index (χ1n) is 9.03.